The Morgan fingerprint density at radius 3 is 3.00 bits per heavy atom. The molecule has 1 amide bonds. The number of ether oxygens (including phenoxy) is 2. The highest BCUT2D eigenvalue weighted by Crippen LogP contribution is 2.16. The number of methoxy groups -OCH3 is 1. The number of hydrogen-bond donors (Lipinski definition) is 1. The van der Waals surface area contributed by atoms with Crippen LogP contribution in [0.1, 0.15) is 12.8 Å². The van der Waals surface area contributed by atoms with Gasteiger partial charge in [-0.15, -0.1) is 0 Å². The number of carbonyl (C=O) groups excluding carboxylic acids is 1. The molecule has 0 aromatic heterocycles. The quantitative estimate of drug-likeness (QED) is 0.620. The minimum atomic E-state index is -0.417. The number of carbonyl (C=O) groups is 1. The number of amides is 1. The molecule has 0 unspecified atom stereocenters. The van der Waals surface area contributed by atoms with Crippen molar-refractivity contribution >= 4 is 5.91 Å². The summed E-state index contributed by atoms with van der Waals surface area (Å²) in [5.74, 6) is -0.417. The van der Waals surface area contributed by atoms with E-state index in [4.69, 9.17) is 15.2 Å². The Hall–Kier alpha value is -1.03. The van der Waals surface area contributed by atoms with Gasteiger partial charge in [0.05, 0.1) is 11.8 Å². The molecule has 11 heavy (non-hydrogen) atoms. The van der Waals surface area contributed by atoms with Crippen molar-refractivity contribution in [3.05, 3.63) is 11.8 Å². The largest absolute Gasteiger partial charge is 0.472 e. The second-order valence-electron chi connectivity index (χ2n) is 2.35. The number of hydrogen-bond acceptors (Lipinski definition) is 3. The Balaban J connectivity index is 2.50. The first-order valence-electron chi connectivity index (χ1n) is 3.41. The van der Waals surface area contributed by atoms with Gasteiger partial charge in [0.1, 0.15) is 0 Å². The van der Waals surface area contributed by atoms with Crippen molar-refractivity contribution in [2.45, 2.75) is 19.1 Å². The molecule has 62 valence electrons. The average Bonchev–Trinajstić information content (AvgIpc) is 2.05. The third kappa shape index (κ3) is 1.94. The summed E-state index contributed by atoms with van der Waals surface area (Å²) in [4.78, 5) is 10.6. The van der Waals surface area contributed by atoms with Gasteiger partial charge in [0.2, 0.25) is 5.91 Å². The molecule has 0 radical (unpaired) electrons. The van der Waals surface area contributed by atoms with Crippen LogP contribution in [-0.2, 0) is 14.3 Å². The van der Waals surface area contributed by atoms with E-state index in [0.29, 0.717) is 18.4 Å². The highest BCUT2D eigenvalue weighted by Gasteiger charge is 2.16. The molecular formula is C7H11NO3. The lowest BCUT2D eigenvalue weighted by atomic mass is 10.1. The Morgan fingerprint density at radius 1 is 1.91 bits per heavy atom. The third-order valence-electron chi connectivity index (χ3n) is 1.59. The van der Waals surface area contributed by atoms with Crippen LogP contribution in [0.25, 0.3) is 0 Å². The molecular weight excluding hydrogens is 146 g/mol. The summed E-state index contributed by atoms with van der Waals surface area (Å²) in [5.41, 5.74) is 5.55. The minimum Gasteiger partial charge on any atom is -0.472 e. The zero-order chi connectivity index (χ0) is 8.27. The maximum atomic E-state index is 10.6. The van der Waals surface area contributed by atoms with E-state index in [9.17, 15) is 4.79 Å². The smallest absolute Gasteiger partial charge is 0.247 e. The van der Waals surface area contributed by atoms with E-state index in [1.807, 2.05) is 0 Å². The molecule has 0 aliphatic carbocycles. The van der Waals surface area contributed by atoms with Gasteiger partial charge in [-0.25, -0.2) is 0 Å². The van der Waals surface area contributed by atoms with Gasteiger partial charge in [0, 0.05) is 13.5 Å². The molecule has 0 bridgehead atoms. The highest BCUT2D eigenvalue weighted by molar-refractivity contribution is 5.91. The van der Waals surface area contributed by atoms with E-state index in [2.05, 4.69) is 0 Å². The van der Waals surface area contributed by atoms with Crippen LogP contribution in [0.15, 0.2) is 11.8 Å². The maximum Gasteiger partial charge on any atom is 0.247 e. The van der Waals surface area contributed by atoms with Gasteiger partial charge in [0.15, 0.2) is 6.29 Å². The lowest BCUT2D eigenvalue weighted by Gasteiger charge is -2.19. The fourth-order valence-corrected chi connectivity index (χ4v) is 0.913. The average molecular weight is 157 g/mol. The van der Waals surface area contributed by atoms with Crippen LogP contribution in [0.2, 0.25) is 0 Å². The summed E-state index contributed by atoms with van der Waals surface area (Å²) in [7, 11) is 1.56. The van der Waals surface area contributed by atoms with E-state index in [1.54, 1.807) is 7.11 Å². The summed E-state index contributed by atoms with van der Waals surface area (Å²) in [6.07, 6.45) is 2.47. The predicted octanol–water partition coefficient (Wildman–Crippen LogP) is 0.138. The summed E-state index contributed by atoms with van der Waals surface area (Å²) in [6, 6.07) is 0. The monoisotopic (exact) mass is 157 g/mol. The molecule has 0 saturated heterocycles. The summed E-state index contributed by atoms with van der Waals surface area (Å²) in [6.45, 7) is 0. The van der Waals surface area contributed by atoms with E-state index >= 15 is 0 Å². The molecule has 2 N–H and O–H groups in total. The van der Waals surface area contributed by atoms with Gasteiger partial charge < -0.3 is 15.2 Å². The van der Waals surface area contributed by atoms with Gasteiger partial charge in [-0.1, -0.05) is 0 Å². The van der Waals surface area contributed by atoms with Gasteiger partial charge in [-0.3, -0.25) is 4.79 Å². The first kappa shape index (κ1) is 8.07. The molecule has 0 fully saturated rings. The van der Waals surface area contributed by atoms with Crippen LogP contribution in [0.3, 0.4) is 0 Å². The zero-order valence-electron chi connectivity index (χ0n) is 6.37. The minimum absolute atomic E-state index is 0.224. The van der Waals surface area contributed by atoms with E-state index < -0.39 is 5.91 Å². The molecule has 1 rings (SSSR count). The molecule has 4 nitrogen and oxygen atoms in total. The zero-order valence-corrected chi connectivity index (χ0v) is 6.37. The Kier molecular flexibility index (Phi) is 2.48. The number of primary amides is 1. The Bertz CT molecular complexity index is 188. The van der Waals surface area contributed by atoms with Gasteiger partial charge in [0.25, 0.3) is 0 Å². The van der Waals surface area contributed by atoms with Crippen molar-refractivity contribution in [1.29, 1.82) is 0 Å². The second kappa shape index (κ2) is 3.39. The standard InChI is InChI=1S/C7H11NO3/c1-10-6-3-2-5(4-11-6)7(8)9/h4,6H,2-3H2,1H3,(H2,8,9)/t6-/m0/s1. The molecule has 0 spiro atoms. The second-order valence-corrected chi connectivity index (χ2v) is 2.35. The van der Waals surface area contributed by atoms with Crippen molar-refractivity contribution in [3.8, 4) is 0 Å². The van der Waals surface area contributed by atoms with Gasteiger partial charge >= 0.3 is 0 Å². The fourth-order valence-electron chi connectivity index (χ4n) is 0.913. The Labute approximate surface area is 65.0 Å². The van der Waals surface area contributed by atoms with Crippen LogP contribution < -0.4 is 5.73 Å². The molecule has 1 aliphatic rings. The fraction of sp³-hybridized carbons (Fsp3) is 0.571. The number of nitrogens with two attached hydrogens (primary N) is 1. The van der Waals surface area contributed by atoms with Crippen molar-refractivity contribution in [3.63, 3.8) is 0 Å². The lowest BCUT2D eigenvalue weighted by Crippen LogP contribution is -2.22. The van der Waals surface area contributed by atoms with Gasteiger partial charge in [-0.05, 0) is 6.42 Å². The van der Waals surface area contributed by atoms with Gasteiger partial charge in [-0.2, -0.15) is 0 Å². The topological polar surface area (TPSA) is 61.5 Å². The molecule has 0 aromatic carbocycles. The van der Waals surface area contributed by atoms with Crippen LogP contribution >= 0.6 is 0 Å². The molecule has 1 heterocycles. The van der Waals surface area contributed by atoms with Crippen LogP contribution in [0, 0.1) is 0 Å². The maximum absolute atomic E-state index is 10.6. The molecule has 0 saturated carbocycles. The van der Waals surface area contributed by atoms with Crippen molar-refractivity contribution < 1.29 is 14.3 Å². The van der Waals surface area contributed by atoms with Crippen LogP contribution in [-0.4, -0.2) is 19.3 Å². The first-order chi connectivity index (χ1) is 5.24. The summed E-state index contributed by atoms with van der Waals surface area (Å²) >= 11 is 0. The normalized spacial score (nSPS) is 23.7. The first-order valence-corrected chi connectivity index (χ1v) is 3.41. The van der Waals surface area contributed by atoms with E-state index in [-0.39, 0.29) is 6.29 Å². The molecule has 4 heteroatoms. The van der Waals surface area contributed by atoms with E-state index in [1.165, 1.54) is 6.26 Å². The van der Waals surface area contributed by atoms with Crippen molar-refractivity contribution in [2.75, 3.05) is 7.11 Å². The van der Waals surface area contributed by atoms with Crippen molar-refractivity contribution in [1.82, 2.24) is 0 Å². The van der Waals surface area contributed by atoms with E-state index in [0.717, 1.165) is 0 Å². The molecule has 0 aromatic rings. The lowest BCUT2D eigenvalue weighted by molar-refractivity contribution is -0.118. The highest BCUT2D eigenvalue weighted by atomic mass is 16.7. The molecule has 1 atom stereocenters. The third-order valence-corrected chi connectivity index (χ3v) is 1.59. The SMILES string of the molecule is CO[C@@H]1CCC(C(N)=O)=CO1. The summed E-state index contributed by atoms with van der Waals surface area (Å²) < 4.78 is 9.92. The van der Waals surface area contributed by atoms with Crippen LogP contribution in [0.4, 0.5) is 0 Å². The summed E-state index contributed by atoms with van der Waals surface area (Å²) in [5, 5.41) is 0. The number of rotatable bonds is 2. The Morgan fingerprint density at radius 2 is 2.64 bits per heavy atom. The van der Waals surface area contributed by atoms with Crippen LogP contribution in [0.5, 0.6) is 0 Å². The van der Waals surface area contributed by atoms with Crippen molar-refractivity contribution in [2.24, 2.45) is 5.73 Å². The molecule has 1 aliphatic heterocycles. The predicted molar refractivity (Wildman–Crippen MR) is 38.4 cm³/mol.